The standard InChI is InChI=1S/C20H29NO3/c1-11(2)14-7-15-8-16(10-23-20(22)18(21)13(5)6)24-19(15)17(9-14)12(3)4/h7-9,11-13,18H,10,21H2,1-6H3/t18-/m0/s1. The Kier molecular flexibility index (Phi) is 5.70. The van der Waals surface area contributed by atoms with Crippen molar-refractivity contribution >= 4 is 16.9 Å². The second-order valence-electron chi connectivity index (χ2n) is 7.43. The molecule has 0 amide bonds. The summed E-state index contributed by atoms with van der Waals surface area (Å²) in [7, 11) is 0. The van der Waals surface area contributed by atoms with Crippen LogP contribution in [0.3, 0.4) is 0 Å². The van der Waals surface area contributed by atoms with E-state index in [4.69, 9.17) is 14.9 Å². The molecule has 2 N–H and O–H groups in total. The van der Waals surface area contributed by atoms with Crippen molar-refractivity contribution in [3.63, 3.8) is 0 Å². The van der Waals surface area contributed by atoms with Gasteiger partial charge in [-0.15, -0.1) is 0 Å². The first kappa shape index (κ1) is 18.5. The molecule has 0 saturated carbocycles. The van der Waals surface area contributed by atoms with Crippen LogP contribution in [0.4, 0.5) is 0 Å². The van der Waals surface area contributed by atoms with Crippen molar-refractivity contribution in [1.82, 2.24) is 0 Å². The van der Waals surface area contributed by atoms with Crippen molar-refractivity contribution < 1.29 is 13.9 Å². The van der Waals surface area contributed by atoms with Gasteiger partial charge in [0.2, 0.25) is 0 Å². The van der Waals surface area contributed by atoms with E-state index in [9.17, 15) is 4.79 Å². The first-order valence-corrected chi connectivity index (χ1v) is 8.69. The molecule has 0 aliphatic rings. The quantitative estimate of drug-likeness (QED) is 0.779. The largest absolute Gasteiger partial charge is 0.457 e. The number of ether oxygens (including phenoxy) is 1. The summed E-state index contributed by atoms with van der Waals surface area (Å²) in [6.45, 7) is 12.6. The average molecular weight is 331 g/mol. The minimum absolute atomic E-state index is 0.0503. The lowest BCUT2D eigenvalue weighted by molar-refractivity contribution is -0.148. The maximum Gasteiger partial charge on any atom is 0.323 e. The molecule has 0 radical (unpaired) electrons. The molecular formula is C20H29NO3. The number of furan rings is 1. The third-order valence-electron chi connectivity index (χ3n) is 4.35. The van der Waals surface area contributed by atoms with E-state index in [0.717, 1.165) is 11.0 Å². The molecule has 1 aromatic heterocycles. The van der Waals surface area contributed by atoms with Gasteiger partial charge in [0.15, 0.2) is 0 Å². The molecule has 0 fully saturated rings. The number of benzene rings is 1. The van der Waals surface area contributed by atoms with E-state index < -0.39 is 12.0 Å². The van der Waals surface area contributed by atoms with Crippen LogP contribution >= 0.6 is 0 Å². The summed E-state index contributed by atoms with van der Waals surface area (Å²) in [6.07, 6.45) is 0. The van der Waals surface area contributed by atoms with Gasteiger partial charge in [-0.3, -0.25) is 4.79 Å². The SMILES string of the molecule is CC(C)c1cc(C(C)C)c2oc(COC(=O)[C@@H](N)C(C)C)cc2c1. The Morgan fingerprint density at radius 2 is 1.75 bits per heavy atom. The summed E-state index contributed by atoms with van der Waals surface area (Å²) in [6, 6.07) is 5.72. The highest BCUT2D eigenvalue weighted by Crippen LogP contribution is 2.32. The molecule has 0 unspecified atom stereocenters. The van der Waals surface area contributed by atoms with E-state index in [1.807, 2.05) is 19.9 Å². The van der Waals surface area contributed by atoms with Crippen molar-refractivity contribution in [3.8, 4) is 0 Å². The van der Waals surface area contributed by atoms with Gasteiger partial charge < -0.3 is 14.9 Å². The van der Waals surface area contributed by atoms with Crippen LogP contribution in [0, 0.1) is 5.92 Å². The minimum atomic E-state index is -0.604. The lowest BCUT2D eigenvalue weighted by Gasteiger charge is -2.13. The minimum Gasteiger partial charge on any atom is -0.457 e. The maximum absolute atomic E-state index is 11.9. The molecule has 132 valence electrons. The van der Waals surface area contributed by atoms with E-state index in [-0.39, 0.29) is 12.5 Å². The number of esters is 1. The number of hydrogen-bond donors (Lipinski definition) is 1. The summed E-state index contributed by atoms with van der Waals surface area (Å²) in [5, 5.41) is 1.06. The number of carbonyl (C=O) groups excluding carboxylic acids is 1. The van der Waals surface area contributed by atoms with Crippen LogP contribution in [0.1, 0.15) is 70.3 Å². The zero-order valence-electron chi connectivity index (χ0n) is 15.6. The van der Waals surface area contributed by atoms with Gasteiger partial charge in [0, 0.05) is 5.39 Å². The smallest absolute Gasteiger partial charge is 0.323 e. The number of fused-ring (bicyclic) bond motifs is 1. The van der Waals surface area contributed by atoms with Crippen LogP contribution in [0.2, 0.25) is 0 Å². The molecule has 2 rings (SSSR count). The van der Waals surface area contributed by atoms with Crippen molar-refractivity contribution in [3.05, 3.63) is 35.1 Å². The van der Waals surface area contributed by atoms with Gasteiger partial charge in [0.05, 0.1) is 0 Å². The Hall–Kier alpha value is -1.81. The summed E-state index contributed by atoms with van der Waals surface area (Å²) in [5.74, 6) is 1.12. The second kappa shape index (κ2) is 7.39. The van der Waals surface area contributed by atoms with E-state index in [1.54, 1.807) is 0 Å². The highest BCUT2D eigenvalue weighted by Gasteiger charge is 2.20. The summed E-state index contributed by atoms with van der Waals surface area (Å²) < 4.78 is 11.3. The monoisotopic (exact) mass is 331 g/mol. The number of rotatable bonds is 6. The highest BCUT2D eigenvalue weighted by atomic mass is 16.5. The van der Waals surface area contributed by atoms with E-state index in [2.05, 4.69) is 39.8 Å². The first-order valence-electron chi connectivity index (χ1n) is 8.69. The van der Waals surface area contributed by atoms with E-state index >= 15 is 0 Å². The van der Waals surface area contributed by atoms with Crippen LogP contribution in [0.25, 0.3) is 11.0 Å². The normalized spacial score (nSPS) is 13.2. The topological polar surface area (TPSA) is 65.5 Å². The first-order chi connectivity index (χ1) is 11.2. The van der Waals surface area contributed by atoms with Crippen molar-refractivity contribution in [2.75, 3.05) is 0 Å². The van der Waals surface area contributed by atoms with Gasteiger partial charge in [0.25, 0.3) is 0 Å². The lowest BCUT2D eigenvalue weighted by atomic mass is 9.94. The van der Waals surface area contributed by atoms with Crippen molar-refractivity contribution in [2.45, 2.75) is 66.0 Å². The zero-order valence-corrected chi connectivity index (χ0v) is 15.6. The Morgan fingerprint density at radius 3 is 2.29 bits per heavy atom. The van der Waals surface area contributed by atoms with Gasteiger partial charge >= 0.3 is 5.97 Å². The van der Waals surface area contributed by atoms with Gasteiger partial charge in [-0.2, -0.15) is 0 Å². The Balaban J connectivity index is 2.27. The molecule has 24 heavy (non-hydrogen) atoms. The fourth-order valence-electron chi connectivity index (χ4n) is 2.60. The average Bonchev–Trinajstić information content (AvgIpc) is 2.93. The van der Waals surface area contributed by atoms with Crippen molar-refractivity contribution in [1.29, 1.82) is 0 Å². The van der Waals surface area contributed by atoms with Gasteiger partial charge in [-0.1, -0.05) is 47.6 Å². The zero-order chi connectivity index (χ0) is 18.0. The molecular weight excluding hydrogens is 302 g/mol. The lowest BCUT2D eigenvalue weighted by Crippen LogP contribution is -2.36. The molecule has 4 nitrogen and oxygen atoms in total. The van der Waals surface area contributed by atoms with Crippen LogP contribution in [-0.4, -0.2) is 12.0 Å². The number of nitrogens with two attached hydrogens (primary N) is 1. The predicted molar refractivity (Wildman–Crippen MR) is 97.0 cm³/mol. The fourth-order valence-corrected chi connectivity index (χ4v) is 2.60. The third-order valence-corrected chi connectivity index (χ3v) is 4.35. The van der Waals surface area contributed by atoms with Crippen molar-refractivity contribution in [2.24, 2.45) is 11.7 Å². The van der Waals surface area contributed by atoms with E-state index in [1.165, 1.54) is 11.1 Å². The van der Waals surface area contributed by atoms with Crippen LogP contribution < -0.4 is 5.73 Å². The van der Waals surface area contributed by atoms with Gasteiger partial charge in [-0.25, -0.2) is 0 Å². The van der Waals surface area contributed by atoms with E-state index in [0.29, 0.717) is 17.6 Å². The van der Waals surface area contributed by atoms with Crippen LogP contribution in [0.5, 0.6) is 0 Å². The molecule has 1 aromatic carbocycles. The van der Waals surface area contributed by atoms with Crippen LogP contribution in [0.15, 0.2) is 22.6 Å². The highest BCUT2D eigenvalue weighted by molar-refractivity contribution is 5.83. The molecule has 1 heterocycles. The fraction of sp³-hybridized carbons (Fsp3) is 0.550. The molecule has 0 aliphatic heterocycles. The Morgan fingerprint density at radius 1 is 1.08 bits per heavy atom. The summed E-state index contributed by atoms with van der Waals surface area (Å²) in [5.41, 5.74) is 9.17. The van der Waals surface area contributed by atoms with Gasteiger partial charge in [0.1, 0.15) is 24.0 Å². The molecule has 0 spiro atoms. The molecule has 4 heteroatoms. The number of carbonyl (C=O) groups is 1. The second-order valence-corrected chi connectivity index (χ2v) is 7.43. The predicted octanol–water partition coefficient (Wildman–Crippen LogP) is 4.71. The molecule has 1 atom stereocenters. The van der Waals surface area contributed by atoms with Gasteiger partial charge in [-0.05, 0) is 41.0 Å². The summed E-state index contributed by atoms with van der Waals surface area (Å²) in [4.78, 5) is 11.9. The number of hydrogen-bond acceptors (Lipinski definition) is 4. The molecule has 0 saturated heterocycles. The molecule has 0 aliphatic carbocycles. The third kappa shape index (κ3) is 3.99. The Labute approximate surface area is 144 Å². The molecule has 2 aromatic rings. The maximum atomic E-state index is 11.9. The summed E-state index contributed by atoms with van der Waals surface area (Å²) >= 11 is 0. The van der Waals surface area contributed by atoms with Crippen LogP contribution in [-0.2, 0) is 16.1 Å². The Bertz CT molecular complexity index is 713. The molecule has 0 bridgehead atoms.